The van der Waals surface area contributed by atoms with Crippen molar-refractivity contribution in [3.8, 4) is 0 Å². The van der Waals surface area contributed by atoms with Crippen molar-refractivity contribution in [3.63, 3.8) is 0 Å². The molecule has 0 spiro atoms. The third-order valence-corrected chi connectivity index (χ3v) is 3.75. The van der Waals surface area contributed by atoms with Crippen LogP contribution >= 0.6 is 0 Å². The van der Waals surface area contributed by atoms with E-state index in [0.29, 0.717) is 23.4 Å². The van der Waals surface area contributed by atoms with Crippen LogP contribution in [0.1, 0.15) is 30.6 Å². The Labute approximate surface area is 157 Å². The lowest BCUT2D eigenvalue weighted by Crippen LogP contribution is -2.41. The molecule has 0 unspecified atom stereocenters. The monoisotopic (exact) mass is 369 g/mol. The first-order chi connectivity index (χ1) is 12.8. The third kappa shape index (κ3) is 6.47. The zero-order valence-electron chi connectivity index (χ0n) is 15.2. The Balaban J connectivity index is 1.94. The molecule has 1 atom stereocenters. The zero-order chi connectivity index (χ0) is 19.8. The van der Waals surface area contributed by atoms with Crippen molar-refractivity contribution in [2.75, 3.05) is 10.6 Å². The van der Waals surface area contributed by atoms with Gasteiger partial charge in [0.2, 0.25) is 0 Å². The highest BCUT2D eigenvalue weighted by atomic mass is 16.4. The van der Waals surface area contributed by atoms with Gasteiger partial charge in [-0.1, -0.05) is 32.0 Å². The molecule has 3 amide bonds. The maximum absolute atomic E-state index is 12.2. The molecule has 0 aliphatic rings. The number of carboxylic acid groups (broad SMARTS) is 1. The summed E-state index contributed by atoms with van der Waals surface area (Å²) in [7, 11) is 0. The van der Waals surface area contributed by atoms with Crippen LogP contribution in [0.15, 0.2) is 54.6 Å². The zero-order valence-corrected chi connectivity index (χ0v) is 15.2. The highest BCUT2D eigenvalue weighted by Crippen LogP contribution is 2.12. The van der Waals surface area contributed by atoms with Gasteiger partial charge in [0.25, 0.3) is 5.91 Å². The van der Waals surface area contributed by atoms with Gasteiger partial charge >= 0.3 is 12.0 Å². The first kappa shape index (κ1) is 20.0. The molecule has 0 bridgehead atoms. The molecule has 0 aliphatic heterocycles. The summed E-state index contributed by atoms with van der Waals surface area (Å²) in [5.41, 5.74) is 1.49. The van der Waals surface area contributed by atoms with Crippen LogP contribution in [0.3, 0.4) is 0 Å². The largest absolute Gasteiger partial charge is 0.480 e. The third-order valence-electron chi connectivity index (χ3n) is 3.75. The standard InChI is InChI=1S/C20H23N3O4/c1-13(2)12-17(19(25)26)23-18(24)14-8-10-16(11-9-14)22-20(27)21-15-6-4-3-5-7-15/h3-11,13,17H,12H2,1-2H3,(H,23,24)(H,25,26)(H2,21,22,27)/t17-/m1/s1. The number of aliphatic carboxylic acids is 1. The van der Waals surface area contributed by atoms with Gasteiger partial charge in [0.05, 0.1) is 0 Å². The minimum Gasteiger partial charge on any atom is -0.480 e. The molecule has 7 heteroatoms. The van der Waals surface area contributed by atoms with Gasteiger partial charge in [-0.05, 0) is 48.7 Å². The molecule has 7 nitrogen and oxygen atoms in total. The predicted molar refractivity (Wildman–Crippen MR) is 104 cm³/mol. The molecule has 2 aromatic rings. The normalized spacial score (nSPS) is 11.5. The van der Waals surface area contributed by atoms with E-state index < -0.39 is 23.9 Å². The van der Waals surface area contributed by atoms with Crippen molar-refractivity contribution in [2.24, 2.45) is 5.92 Å². The average Bonchev–Trinajstić information content (AvgIpc) is 2.62. The Hall–Kier alpha value is -3.35. The molecular formula is C20H23N3O4. The van der Waals surface area contributed by atoms with Gasteiger partial charge in [-0.3, -0.25) is 4.79 Å². The summed E-state index contributed by atoms with van der Waals surface area (Å²) in [4.78, 5) is 35.5. The van der Waals surface area contributed by atoms with Crippen molar-refractivity contribution in [1.82, 2.24) is 5.32 Å². The Morgan fingerprint density at radius 2 is 1.44 bits per heavy atom. The minimum absolute atomic E-state index is 0.140. The number of amides is 3. The van der Waals surface area contributed by atoms with E-state index in [1.165, 1.54) is 12.1 Å². The maximum Gasteiger partial charge on any atom is 0.326 e. The van der Waals surface area contributed by atoms with Gasteiger partial charge in [0.1, 0.15) is 6.04 Å². The number of hydrogen-bond acceptors (Lipinski definition) is 3. The van der Waals surface area contributed by atoms with E-state index in [2.05, 4.69) is 16.0 Å². The highest BCUT2D eigenvalue weighted by molar-refractivity contribution is 6.00. The number of para-hydroxylation sites is 1. The summed E-state index contributed by atoms with van der Waals surface area (Å²) in [6.07, 6.45) is 0.348. The predicted octanol–water partition coefficient (Wildman–Crippen LogP) is 3.56. The Morgan fingerprint density at radius 3 is 1.96 bits per heavy atom. The van der Waals surface area contributed by atoms with E-state index >= 15 is 0 Å². The molecule has 27 heavy (non-hydrogen) atoms. The second kappa shape index (κ2) is 9.38. The molecule has 2 aromatic carbocycles. The van der Waals surface area contributed by atoms with Crippen LogP contribution in [0.5, 0.6) is 0 Å². The van der Waals surface area contributed by atoms with E-state index in [-0.39, 0.29) is 5.92 Å². The maximum atomic E-state index is 12.2. The van der Waals surface area contributed by atoms with Crippen LogP contribution in [0.2, 0.25) is 0 Å². The first-order valence-electron chi connectivity index (χ1n) is 8.62. The van der Waals surface area contributed by atoms with Crippen molar-refractivity contribution < 1.29 is 19.5 Å². The Kier molecular flexibility index (Phi) is 6.93. The number of carbonyl (C=O) groups excluding carboxylic acids is 2. The molecule has 142 valence electrons. The van der Waals surface area contributed by atoms with Crippen molar-refractivity contribution in [3.05, 3.63) is 60.2 Å². The van der Waals surface area contributed by atoms with Gasteiger partial charge in [0, 0.05) is 16.9 Å². The number of anilines is 2. The van der Waals surface area contributed by atoms with Gasteiger partial charge in [-0.2, -0.15) is 0 Å². The molecule has 0 radical (unpaired) electrons. The van der Waals surface area contributed by atoms with Gasteiger partial charge in [-0.25, -0.2) is 9.59 Å². The fraction of sp³-hybridized carbons (Fsp3) is 0.250. The van der Waals surface area contributed by atoms with Crippen LogP contribution in [0, 0.1) is 5.92 Å². The number of hydrogen-bond donors (Lipinski definition) is 4. The summed E-state index contributed by atoms with van der Waals surface area (Å²) in [6.45, 7) is 3.78. The van der Waals surface area contributed by atoms with Crippen LogP contribution in [-0.4, -0.2) is 29.1 Å². The summed E-state index contributed by atoms with van der Waals surface area (Å²) in [5.74, 6) is -1.39. The van der Waals surface area contributed by atoms with Crippen LogP contribution in [0.4, 0.5) is 16.2 Å². The minimum atomic E-state index is -1.06. The van der Waals surface area contributed by atoms with Crippen molar-refractivity contribution >= 4 is 29.3 Å². The number of rotatable bonds is 7. The topological polar surface area (TPSA) is 108 Å². The molecule has 0 saturated carbocycles. The van der Waals surface area contributed by atoms with E-state index in [1.807, 2.05) is 32.0 Å². The van der Waals surface area contributed by atoms with Gasteiger partial charge in [-0.15, -0.1) is 0 Å². The fourth-order valence-electron chi connectivity index (χ4n) is 2.45. The summed E-state index contributed by atoms with van der Waals surface area (Å²) < 4.78 is 0. The Bertz CT molecular complexity index is 789. The molecule has 2 rings (SSSR count). The second-order valence-electron chi connectivity index (χ2n) is 6.52. The lowest BCUT2D eigenvalue weighted by molar-refractivity contribution is -0.139. The summed E-state index contributed by atoms with van der Waals surface area (Å²) >= 11 is 0. The van der Waals surface area contributed by atoms with E-state index in [1.54, 1.807) is 24.3 Å². The molecule has 0 aromatic heterocycles. The molecule has 0 heterocycles. The number of benzene rings is 2. The smallest absolute Gasteiger partial charge is 0.326 e. The fourth-order valence-corrected chi connectivity index (χ4v) is 2.45. The molecular weight excluding hydrogens is 346 g/mol. The van der Waals surface area contributed by atoms with Crippen LogP contribution < -0.4 is 16.0 Å². The van der Waals surface area contributed by atoms with Crippen molar-refractivity contribution in [2.45, 2.75) is 26.3 Å². The second-order valence-corrected chi connectivity index (χ2v) is 6.52. The van der Waals surface area contributed by atoms with Crippen LogP contribution in [0.25, 0.3) is 0 Å². The SMILES string of the molecule is CC(C)C[C@@H](NC(=O)c1ccc(NC(=O)Nc2ccccc2)cc1)C(=O)O. The van der Waals surface area contributed by atoms with E-state index in [4.69, 9.17) is 0 Å². The summed E-state index contributed by atoms with van der Waals surface area (Å²) in [5, 5.41) is 17.1. The quantitative estimate of drug-likeness (QED) is 0.598. The number of carboxylic acids is 1. The Morgan fingerprint density at radius 1 is 0.889 bits per heavy atom. The molecule has 0 saturated heterocycles. The number of carbonyl (C=O) groups is 3. The lowest BCUT2D eigenvalue weighted by atomic mass is 10.0. The lowest BCUT2D eigenvalue weighted by Gasteiger charge is -2.16. The van der Waals surface area contributed by atoms with Crippen LogP contribution in [-0.2, 0) is 4.79 Å². The molecule has 0 fully saturated rings. The summed E-state index contributed by atoms with van der Waals surface area (Å²) in [6, 6.07) is 13.9. The van der Waals surface area contributed by atoms with Gasteiger partial charge < -0.3 is 21.1 Å². The number of urea groups is 1. The number of nitrogens with one attached hydrogen (secondary N) is 3. The van der Waals surface area contributed by atoms with Crippen molar-refractivity contribution in [1.29, 1.82) is 0 Å². The average molecular weight is 369 g/mol. The van der Waals surface area contributed by atoms with E-state index in [0.717, 1.165) is 0 Å². The van der Waals surface area contributed by atoms with E-state index in [9.17, 15) is 19.5 Å². The molecule has 0 aliphatic carbocycles. The highest BCUT2D eigenvalue weighted by Gasteiger charge is 2.21. The van der Waals surface area contributed by atoms with Gasteiger partial charge in [0.15, 0.2) is 0 Å². The molecule has 4 N–H and O–H groups in total. The first-order valence-corrected chi connectivity index (χ1v) is 8.62.